The quantitative estimate of drug-likeness (QED) is 0.446. The molecule has 6 nitrogen and oxygen atoms in total. The van der Waals surface area contributed by atoms with Gasteiger partial charge < -0.3 is 26.4 Å². The van der Waals surface area contributed by atoms with Gasteiger partial charge in [-0.2, -0.15) is 0 Å². The molecule has 0 amide bonds. The summed E-state index contributed by atoms with van der Waals surface area (Å²) in [6.45, 7) is 0.224. The summed E-state index contributed by atoms with van der Waals surface area (Å²) in [4.78, 5) is 10.7. The highest BCUT2D eigenvalue weighted by atomic mass is 16.4. The first-order valence-electron chi connectivity index (χ1n) is 5.10. The Morgan fingerprint density at radius 3 is 2.59 bits per heavy atom. The highest BCUT2D eigenvalue weighted by molar-refractivity contribution is 5.93. The van der Waals surface area contributed by atoms with E-state index in [9.17, 15) is 15.0 Å². The second-order valence-corrected chi connectivity index (χ2v) is 3.72. The maximum atomic E-state index is 10.7. The predicted molar refractivity (Wildman–Crippen MR) is 62.7 cm³/mol. The number of carboxylic acids is 1. The van der Waals surface area contributed by atoms with Crippen molar-refractivity contribution in [2.75, 3.05) is 19.3 Å². The smallest absolute Gasteiger partial charge is 0.337 e. The molecule has 2 unspecified atom stereocenters. The normalized spacial score (nSPS) is 14.3. The SMILES string of the molecule is CNCC(O)C(O)c1ccc(C(=O)O)c(N)c1. The number of hydrogen-bond donors (Lipinski definition) is 5. The Balaban J connectivity index is 2.93. The van der Waals surface area contributed by atoms with Gasteiger partial charge in [0.2, 0.25) is 0 Å². The zero-order chi connectivity index (χ0) is 13.0. The lowest BCUT2D eigenvalue weighted by atomic mass is 10.0. The topological polar surface area (TPSA) is 116 Å². The van der Waals surface area contributed by atoms with E-state index < -0.39 is 18.2 Å². The number of benzene rings is 1. The van der Waals surface area contributed by atoms with Crippen molar-refractivity contribution in [2.45, 2.75) is 12.2 Å². The Morgan fingerprint density at radius 1 is 1.47 bits per heavy atom. The molecule has 6 heteroatoms. The first-order chi connectivity index (χ1) is 7.97. The third-order valence-corrected chi connectivity index (χ3v) is 2.43. The molecular formula is C11H16N2O4. The minimum absolute atomic E-state index is 0.0240. The van der Waals surface area contributed by atoms with Gasteiger partial charge in [0.05, 0.1) is 11.7 Å². The number of nitrogens with one attached hydrogen (secondary N) is 1. The van der Waals surface area contributed by atoms with E-state index in [0.29, 0.717) is 5.56 Å². The molecule has 6 N–H and O–H groups in total. The fourth-order valence-corrected chi connectivity index (χ4v) is 1.50. The van der Waals surface area contributed by atoms with E-state index in [0.717, 1.165) is 0 Å². The molecule has 2 atom stereocenters. The molecule has 0 radical (unpaired) electrons. The Labute approximate surface area is 98.7 Å². The maximum absolute atomic E-state index is 10.7. The number of carbonyl (C=O) groups is 1. The molecule has 1 rings (SSSR count). The molecule has 0 heterocycles. The average Bonchev–Trinajstić information content (AvgIpc) is 2.27. The van der Waals surface area contributed by atoms with Gasteiger partial charge in [-0.1, -0.05) is 6.07 Å². The Kier molecular flexibility index (Phi) is 4.45. The van der Waals surface area contributed by atoms with Gasteiger partial charge in [-0.3, -0.25) is 0 Å². The van der Waals surface area contributed by atoms with E-state index in [-0.39, 0.29) is 17.8 Å². The summed E-state index contributed by atoms with van der Waals surface area (Å²) in [5.41, 5.74) is 5.97. The molecule has 1 aromatic rings. The van der Waals surface area contributed by atoms with E-state index in [1.165, 1.54) is 18.2 Å². The van der Waals surface area contributed by atoms with Gasteiger partial charge in [0.1, 0.15) is 6.10 Å². The summed E-state index contributed by atoms with van der Waals surface area (Å²) in [6, 6.07) is 4.10. The highest BCUT2D eigenvalue weighted by Crippen LogP contribution is 2.22. The summed E-state index contributed by atoms with van der Waals surface area (Å²) in [6.07, 6.45) is -2.08. The van der Waals surface area contributed by atoms with Gasteiger partial charge in [-0.15, -0.1) is 0 Å². The minimum atomic E-state index is -1.13. The fraction of sp³-hybridized carbons (Fsp3) is 0.364. The standard InChI is InChI=1S/C11H16N2O4/c1-13-5-9(14)10(15)6-2-3-7(11(16)17)8(12)4-6/h2-4,9-10,13-15H,5,12H2,1H3,(H,16,17). The van der Waals surface area contributed by atoms with Crippen molar-refractivity contribution in [3.63, 3.8) is 0 Å². The third kappa shape index (κ3) is 3.16. The fourth-order valence-electron chi connectivity index (χ4n) is 1.50. The third-order valence-electron chi connectivity index (χ3n) is 2.43. The van der Waals surface area contributed by atoms with Crippen LogP contribution < -0.4 is 11.1 Å². The number of nitrogens with two attached hydrogens (primary N) is 1. The number of nitrogen functional groups attached to an aromatic ring is 1. The molecule has 94 valence electrons. The largest absolute Gasteiger partial charge is 0.478 e. The van der Waals surface area contributed by atoms with Crippen molar-refractivity contribution >= 4 is 11.7 Å². The molecule has 0 aromatic heterocycles. The van der Waals surface area contributed by atoms with Crippen molar-refractivity contribution in [3.8, 4) is 0 Å². The van der Waals surface area contributed by atoms with Crippen LogP contribution in [0.4, 0.5) is 5.69 Å². The number of aliphatic hydroxyl groups excluding tert-OH is 2. The zero-order valence-electron chi connectivity index (χ0n) is 9.42. The molecule has 1 aromatic carbocycles. The van der Waals surface area contributed by atoms with Crippen LogP contribution in [0.15, 0.2) is 18.2 Å². The van der Waals surface area contributed by atoms with Crippen LogP contribution in [-0.2, 0) is 0 Å². The number of anilines is 1. The van der Waals surface area contributed by atoms with Gasteiger partial charge in [-0.05, 0) is 24.7 Å². The Hall–Kier alpha value is -1.63. The molecule has 0 aliphatic heterocycles. The van der Waals surface area contributed by atoms with Crippen LogP contribution in [0.3, 0.4) is 0 Å². The first kappa shape index (κ1) is 13.4. The van der Waals surface area contributed by atoms with E-state index >= 15 is 0 Å². The van der Waals surface area contributed by atoms with E-state index in [4.69, 9.17) is 10.8 Å². The number of likely N-dealkylation sites (N-methyl/N-ethyl adjacent to an activating group) is 1. The number of rotatable bonds is 5. The molecule has 0 bridgehead atoms. The summed E-state index contributed by atoms with van der Waals surface area (Å²) in [5, 5.41) is 30.9. The van der Waals surface area contributed by atoms with E-state index in [1.807, 2.05) is 0 Å². The van der Waals surface area contributed by atoms with Gasteiger partial charge >= 0.3 is 5.97 Å². The Bertz CT molecular complexity index is 408. The molecule has 0 fully saturated rings. The second-order valence-electron chi connectivity index (χ2n) is 3.72. The molecule has 0 aliphatic carbocycles. The van der Waals surface area contributed by atoms with Gasteiger partial charge in [-0.25, -0.2) is 4.79 Å². The number of carboxylic acid groups (broad SMARTS) is 1. The summed E-state index contributed by atoms with van der Waals surface area (Å²) in [5.74, 6) is -1.13. The summed E-state index contributed by atoms with van der Waals surface area (Å²) < 4.78 is 0. The zero-order valence-corrected chi connectivity index (χ0v) is 9.42. The maximum Gasteiger partial charge on any atom is 0.337 e. The second kappa shape index (κ2) is 5.62. The molecule has 0 aliphatic rings. The van der Waals surface area contributed by atoms with Crippen LogP contribution in [-0.4, -0.2) is 41.0 Å². The minimum Gasteiger partial charge on any atom is -0.478 e. The van der Waals surface area contributed by atoms with Crippen molar-refractivity contribution in [2.24, 2.45) is 0 Å². The molecular weight excluding hydrogens is 224 g/mol. The number of aromatic carboxylic acids is 1. The number of aliphatic hydroxyl groups is 2. The van der Waals surface area contributed by atoms with E-state index in [1.54, 1.807) is 7.05 Å². The van der Waals surface area contributed by atoms with Crippen LogP contribution in [0.2, 0.25) is 0 Å². The number of hydrogen-bond acceptors (Lipinski definition) is 5. The van der Waals surface area contributed by atoms with Gasteiger partial charge in [0.25, 0.3) is 0 Å². The molecule has 0 saturated heterocycles. The Morgan fingerprint density at radius 2 is 2.12 bits per heavy atom. The van der Waals surface area contributed by atoms with Crippen molar-refractivity contribution in [1.82, 2.24) is 5.32 Å². The van der Waals surface area contributed by atoms with E-state index in [2.05, 4.69) is 5.32 Å². The van der Waals surface area contributed by atoms with Crippen molar-refractivity contribution in [3.05, 3.63) is 29.3 Å². The van der Waals surface area contributed by atoms with Gasteiger partial charge in [0, 0.05) is 12.2 Å². The van der Waals surface area contributed by atoms with Crippen LogP contribution in [0.5, 0.6) is 0 Å². The lowest BCUT2D eigenvalue weighted by Crippen LogP contribution is -2.29. The highest BCUT2D eigenvalue weighted by Gasteiger charge is 2.19. The summed E-state index contributed by atoms with van der Waals surface area (Å²) >= 11 is 0. The molecule has 0 spiro atoms. The lowest BCUT2D eigenvalue weighted by molar-refractivity contribution is 0.0202. The van der Waals surface area contributed by atoms with Crippen LogP contribution in [0.25, 0.3) is 0 Å². The van der Waals surface area contributed by atoms with Crippen LogP contribution in [0, 0.1) is 0 Å². The van der Waals surface area contributed by atoms with Crippen LogP contribution >= 0.6 is 0 Å². The average molecular weight is 240 g/mol. The first-order valence-corrected chi connectivity index (χ1v) is 5.10. The lowest BCUT2D eigenvalue weighted by Gasteiger charge is -2.18. The summed E-state index contributed by atoms with van der Waals surface area (Å²) in [7, 11) is 1.65. The van der Waals surface area contributed by atoms with Crippen molar-refractivity contribution in [1.29, 1.82) is 0 Å². The monoisotopic (exact) mass is 240 g/mol. The van der Waals surface area contributed by atoms with Gasteiger partial charge in [0.15, 0.2) is 0 Å². The predicted octanol–water partition coefficient (Wildman–Crippen LogP) is -0.419. The molecule has 17 heavy (non-hydrogen) atoms. The van der Waals surface area contributed by atoms with Crippen molar-refractivity contribution < 1.29 is 20.1 Å². The van der Waals surface area contributed by atoms with Crippen LogP contribution in [0.1, 0.15) is 22.0 Å². The molecule has 0 saturated carbocycles.